The Labute approximate surface area is 169 Å². The van der Waals surface area contributed by atoms with Crippen molar-refractivity contribution in [1.82, 2.24) is 9.80 Å². The van der Waals surface area contributed by atoms with Crippen LogP contribution in [0.2, 0.25) is 0 Å². The van der Waals surface area contributed by atoms with Gasteiger partial charge in [0.25, 0.3) is 0 Å². The molecule has 0 unspecified atom stereocenters. The van der Waals surface area contributed by atoms with Crippen LogP contribution in [0, 0.1) is 11.6 Å². The maximum absolute atomic E-state index is 13.3. The van der Waals surface area contributed by atoms with Gasteiger partial charge >= 0.3 is 6.09 Å². The second-order valence-corrected chi connectivity index (χ2v) is 7.56. The zero-order valence-electron chi connectivity index (χ0n) is 16.6. The molecule has 1 amide bonds. The molecule has 1 aromatic rings. The molecular weight excluding hydrogens is 386 g/mol. The van der Waals surface area contributed by atoms with Gasteiger partial charge < -0.3 is 24.2 Å². The number of carbonyl (C=O) groups is 1. The van der Waals surface area contributed by atoms with Gasteiger partial charge in [0, 0.05) is 50.4 Å². The molecule has 29 heavy (non-hydrogen) atoms. The third-order valence-corrected chi connectivity index (χ3v) is 5.24. The number of piperidine rings is 1. The highest BCUT2D eigenvalue weighted by atomic mass is 19.1. The van der Waals surface area contributed by atoms with E-state index in [0.717, 1.165) is 31.0 Å². The van der Waals surface area contributed by atoms with Crippen molar-refractivity contribution in [2.75, 3.05) is 52.6 Å². The molecule has 0 saturated carbocycles. The first-order chi connectivity index (χ1) is 13.9. The topological polar surface area (TPSA) is 71.5 Å². The van der Waals surface area contributed by atoms with Crippen LogP contribution in [0.4, 0.5) is 13.6 Å². The van der Waals surface area contributed by atoms with Crippen molar-refractivity contribution in [1.29, 1.82) is 0 Å². The second-order valence-electron chi connectivity index (χ2n) is 7.56. The van der Waals surface area contributed by atoms with Gasteiger partial charge in [0.15, 0.2) is 0 Å². The molecule has 0 radical (unpaired) electrons. The maximum Gasteiger partial charge on any atom is 0.409 e. The average molecular weight is 414 g/mol. The zero-order chi connectivity index (χ0) is 20.9. The van der Waals surface area contributed by atoms with Crippen molar-refractivity contribution < 1.29 is 32.9 Å². The summed E-state index contributed by atoms with van der Waals surface area (Å²) in [5.41, 5.74) is -1.31. The van der Waals surface area contributed by atoms with E-state index in [4.69, 9.17) is 14.2 Å². The molecule has 162 valence electrons. The second kappa shape index (κ2) is 9.69. The lowest BCUT2D eigenvalue weighted by Crippen LogP contribution is -2.54. The summed E-state index contributed by atoms with van der Waals surface area (Å²) < 4.78 is 42.8. The summed E-state index contributed by atoms with van der Waals surface area (Å²) >= 11 is 0. The van der Waals surface area contributed by atoms with E-state index in [1.165, 1.54) is 0 Å². The van der Waals surface area contributed by atoms with E-state index in [1.807, 2.05) is 0 Å². The average Bonchev–Trinajstić information content (AvgIpc) is 2.88. The van der Waals surface area contributed by atoms with Gasteiger partial charge in [-0.2, -0.15) is 0 Å². The van der Waals surface area contributed by atoms with Crippen molar-refractivity contribution in [3.8, 4) is 5.75 Å². The standard InChI is InChI=1S/C20H28F2N2O5/c1-2-28-19(25)23-5-3-17(4-6-23)24-7-8-27-13-20(26,12-24)14-29-18-10-15(21)9-16(22)11-18/h9-11,17,26H,2-8,12-14H2,1H3/t20-/m1/s1. The maximum atomic E-state index is 13.3. The number of nitrogens with zero attached hydrogens (tertiary/aromatic N) is 2. The van der Waals surface area contributed by atoms with E-state index in [-0.39, 0.29) is 31.1 Å². The minimum Gasteiger partial charge on any atom is -0.490 e. The molecule has 1 N–H and O–H groups in total. The van der Waals surface area contributed by atoms with Crippen LogP contribution < -0.4 is 4.74 Å². The van der Waals surface area contributed by atoms with Crippen molar-refractivity contribution in [3.05, 3.63) is 29.8 Å². The number of β-amino-alcohol motifs (C(OH)–C–C–N with tert-alkyl or cyclic N) is 1. The number of aliphatic hydroxyl groups is 1. The highest BCUT2D eigenvalue weighted by Gasteiger charge is 2.37. The Morgan fingerprint density at radius 2 is 1.93 bits per heavy atom. The van der Waals surface area contributed by atoms with Crippen LogP contribution in [0.25, 0.3) is 0 Å². The highest BCUT2D eigenvalue weighted by molar-refractivity contribution is 5.67. The van der Waals surface area contributed by atoms with E-state index < -0.39 is 17.2 Å². The van der Waals surface area contributed by atoms with Gasteiger partial charge in [-0.1, -0.05) is 0 Å². The fraction of sp³-hybridized carbons (Fsp3) is 0.650. The SMILES string of the molecule is CCOC(=O)N1CCC(N2CCOC[C@@](O)(COc3cc(F)cc(F)c3)C2)CC1. The predicted octanol–water partition coefficient (Wildman–Crippen LogP) is 2.03. The van der Waals surface area contributed by atoms with E-state index in [0.29, 0.717) is 39.4 Å². The minimum atomic E-state index is -1.31. The molecule has 2 aliphatic heterocycles. The van der Waals surface area contributed by atoms with Gasteiger partial charge in [-0.05, 0) is 19.8 Å². The lowest BCUT2D eigenvalue weighted by Gasteiger charge is -2.39. The lowest BCUT2D eigenvalue weighted by molar-refractivity contribution is -0.0689. The van der Waals surface area contributed by atoms with E-state index in [2.05, 4.69) is 4.90 Å². The molecular formula is C20H28F2N2O5. The van der Waals surface area contributed by atoms with E-state index in [1.54, 1.807) is 11.8 Å². The van der Waals surface area contributed by atoms with Gasteiger partial charge in [0.05, 0.1) is 19.8 Å². The Balaban J connectivity index is 1.57. The lowest BCUT2D eigenvalue weighted by atomic mass is 10.00. The number of ether oxygens (including phenoxy) is 3. The molecule has 0 spiro atoms. The van der Waals surface area contributed by atoms with Crippen LogP contribution in [-0.4, -0.2) is 85.2 Å². The molecule has 2 saturated heterocycles. The number of likely N-dealkylation sites (tertiary alicyclic amines) is 1. The number of benzene rings is 1. The number of amides is 1. The van der Waals surface area contributed by atoms with Crippen LogP contribution in [0.1, 0.15) is 19.8 Å². The van der Waals surface area contributed by atoms with Gasteiger partial charge in [-0.15, -0.1) is 0 Å². The molecule has 0 bridgehead atoms. The van der Waals surface area contributed by atoms with Gasteiger partial charge in [0.2, 0.25) is 0 Å². The number of hydrogen-bond donors (Lipinski definition) is 1. The van der Waals surface area contributed by atoms with Crippen molar-refractivity contribution in [2.24, 2.45) is 0 Å². The largest absolute Gasteiger partial charge is 0.490 e. The summed E-state index contributed by atoms with van der Waals surface area (Å²) in [6, 6.07) is 3.11. The van der Waals surface area contributed by atoms with Crippen LogP contribution in [0.15, 0.2) is 18.2 Å². The fourth-order valence-corrected chi connectivity index (χ4v) is 3.80. The van der Waals surface area contributed by atoms with E-state index in [9.17, 15) is 18.7 Å². The number of rotatable bonds is 5. The quantitative estimate of drug-likeness (QED) is 0.795. The first kappa shape index (κ1) is 21.7. The van der Waals surface area contributed by atoms with Gasteiger partial charge in [-0.3, -0.25) is 4.90 Å². The fourth-order valence-electron chi connectivity index (χ4n) is 3.80. The van der Waals surface area contributed by atoms with E-state index >= 15 is 0 Å². The normalized spacial score (nSPS) is 24.2. The van der Waals surface area contributed by atoms with Gasteiger partial charge in [0.1, 0.15) is 29.6 Å². The molecule has 0 aromatic heterocycles. The van der Waals surface area contributed by atoms with Crippen LogP contribution in [-0.2, 0) is 9.47 Å². The van der Waals surface area contributed by atoms with Crippen LogP contribution in [0.5, 0.6) is 5.75 Å². The van der Waals surface area contributed by atoms with Crippen molar-refractivity contribution in [2.45, 2.75) is 31.4 Å². The molecule has 7 nitrogen and oxygen atoms in total. The van der Waals surface area contributed by atoms with Crippen LogP contribution >= 0.6 is 0 Å². The highest BCUT2D eigenvalue weighted by Crippen LogP contribution is 2.23. The number of halogens is 2. The summed E-state index contributed by atoms with van der Waals surface area (Å²) in [5, 5.41) is 11.0. The molecule has 2 heterocycles. The van der Waals surface area contributed by atoms with Crippen molar-refractivity contribution in [3.63, 3.8) is 0 Å². The molecule has 9 heteroatoms. The summed E-state index contributed by atoms with van der Waals surface area (Å²) in [6.45, 7) is 4.69. The molecule has 1 aromatic carbocycles. The Hall–Kier alpha value is -1.97. The Bertz CT molecular complexity index is 679. The Morgan fingerprint density at radius 1 is 1.24 bits per heavy atom. The van der Waals surface area contributed by atoms with Crippen molar-refractivity contribution >= 4 is 6.09 Å². The molecule has 1 atom stereocenters. The number of hydrogen-bond acceptors (Lipinski definition) is 6. The summed E-state index contributed by atoms with van der Waals surface area (Å²) in [7, 11) is 0. The summed E-state index contributed by atoms with van der Waals surface area (Å²) in [5.74, 6) is -1.45. The smallest absolute Gasteiger partial charge is 0.409 e. The zero-order valence-corrected chi connectivity index (χ0v) is 16.6. The molecule has 2 fully saturated rings. The monoisotopic (exact) mass is 414 g/mol. The Morgan fingerprint density at radius 3 is 2.59 bits per heavy atom. The molecule has 3 rings (SSSR count). The first-order valence-electron chi connectivity index (χ1n) is 9.93. The van der Waals surface area contributed by atoms with Gasteiger partial charge in [-0.25, -0.2) is 13.6 Å². The summed E-state index contributed by atoms with van der Waals surface area (Å²) in [6.07, 6.45) is 1.24. The Kier molecular flexibility index (Phi) is 7.26. The third-order valence-electron chi connectivity index (χ3n) is 5.24. The first-order valence-corrected chi connectivity index (χ1v) is 9.93. The summed E-state index contributed by atoms with van der Waals surface area (Å²) in [4.78, 5) is 15.7. The minimum absolute atomic E-state index is 0.0227. The molecule has 0 aliphatic carbocycles. The molecule has 2 aliphatic rings. The number of carbonyl (C=O) groups excluding carboxylic acids is 1. The predicted molar refractivity (Wildman–Crippen MR) is 101 cm³/mol. The third kappa shape index (κ3) is 6.01. The van der Waals surface area contributed by atoms with Crippen LogP contribution in [0.3, 0.4) is 0 Å².